The van der Waals surface area contributed by atoms with Gasteiger partial charge in [-0.05, 0) is 32.9 Å². The number of furan rings is 1. The van der Waals surface area contributed by atoms with Gasteiger partial charge >= 0.3 is 6.09 Å². The molecule has 0 bridgehead atoms. The van der Waals surface area contributed by atoms with Crippen molar-refractivity contribution in [2.24, 2.45) is 11.7 Å². The fourth-order valence-corrected chi connectivity index (χ4v) is 1.10. The number of nitrogens with two attached hydrogens (primary N) is 1. The summed E-state index contributed by atoms with van der Waals surface area (Å²) < 4.78 is 9.62. The minimum Gasteiger partial charge on any atom is -0.469 e. The van der Waals surface area contributed by atoms with E-state index in [4.69, 9.17) is 10.2 Å². The lowest BCUT2D eigenvalue weighted by molar-refractivity contribution is -0.110. The predicted octanol–water partition coefficient (Wildman–Crippen LogP) is 2.54. The molecule has 102 valence electrons. The smallest absolute Gasteiger partial charge is 0.405 e. The first-order valence-electron chi connectivity index (χ1n) is 5.70. The summed E-state index contributed by atoms with van der Waals surface area (Å²) in [5.74, 6) is 0.936. The van der Waals surface area contributed by atoms with Gasteiger partial charge in [-0.1, -0.05) is 6.92 Å². The number of rotatable bonds is 3. The van der Waals surface area contributed by atoms with E-state index in [2.05, 4.69) is 4.74 Å². The highest BCUT2D eigenvalue weighted by Gasteiger charge is 2.12. The SMILES string of the molecule is CC(C)(C)OC(N)=O.CC(C=O)Cc1ccco1. The monoisotopic (exact) mass is 255 g/mol. The first-order chi connectivity index (χ1) is 8.24. The average molecular weight is 255 g/mol. The molecule has 1 amide bonds. The Bertz CT molecular complexity index is 352. The van der Waals surface area contributed by atoms with Gasteiger partial charge in [-0.2, -0.15) is 0 Å². The molecule has 5 nitrogen and oxygen atoms in total. The number of hydrogen-bond acceptors (Lipinski definition) is 4. The molecule has 0 aliphatic carbocycles. The van der Waals surface area contributed by atoms with Gasteiger partial charge in [-0.15, -0.1) is 0 Å². The van der Waals surface area contributed by atoms with E-state index in [1.54, 1.807) is 27.0 Å². The zero-order valence-electron chi connectivity index (χ0n) is 11.3. The Morgan fingerprint density at radius 2 is 2.17 bits per heavy atom. The van der Waals surface area contributed by atoms with E-state index in [0.717, 1.165) is 12.0 Å². The highest BCUT2D eigenvalue weighted by molar-refractivity contribution is 5.65. The Morgan fingerprint density at radius 3 is 2.44 bits per heavy atom. The molecule has 0 radical (unpaired) electrons. The van der Waals surface area contributed by atoms with E-state index in [9.17, 15) is 9.59 Å². The predicted molar refractivity (Wildman–Crippen MR) is 68.1 cm³/mol. The molecule has 18 heavy (non-hydrogen) atoms. The molecule has 1 unspecified atom stereocenters. The number of carbonyl (C=O) groups excluding carboxylic acids is 2. The third-order valence-electron chi connectivity index (χ3n) is 1.74. The lowest BCUT2D eigenvalue weighted by Gasteiger charge is -2.16. The van der Waals surface area contributed by atoms with Crippen molar-refractivity contribution in [2.75, 3.05) is 0 Å². The van der Waals surface area contributed by atoms with Gasteiger partial charge < -0.3 is 19.7 Å². The third kappa shape index (κ3) is 9.45. The van der Waals surface area contributed by atoms with Crippen LogP contribution in [0, 0.1) is 5.92 Å². The second-order valence-electron chi connectivity index (χ2n) is 4.93. The molecule has 1 aromatic heterocycles. The van der Waals surface area contributed by atoms with Crippen molar-refractivity contribution < 1.29 is 18.7 Å². The fourth-order valence-electron chi connectivity index (χ4n) is 1.10. The van der Waals surface area contributed by atoms with E-state index in [1.807, 2.05) is 19.1 Å². The molecular weight excluding hydrogens is 234 g/mol. The van der Waals surface area contributed by atoms with Crippen LogP contribution in [0.4, 0.5) is 4.79 Å². The maximum absolute atomic E-state index is 10.2. The Kier molecular flexibility index (Phi) is 6.78. The molecule has 2 N–H and O–H groups in total. The summed E-state index contributed by atoms with van der Waals surface area (Å²) in [4.78, 5) is 20.2. The van der Waals surface area contributed by atoms with Gasteiger partial charge in [0.05, 0.1) is 6.26 Å². The van der Waals surface area contributed by atoms with Crippen LogP contribution in [0.1, 0.15) is 33.5 Å². The Morgan fingerprint density at radius 1 is 1.56 bits per heavy atom. The van der Waals surface area contributed by atoms with E-state index in [1.165, 1.54) is 0 Å². The number of aldehydes is 1. The summed E-state index contributed by atoms with van der Waals surface area (Å²) in [7, 11) is 0. The van der Waals surface area contributed by atoms with Crippen molar-refractivity contribution in [1.29, 1.82) is 0 Å². The molecule has 1 rings (SSSR count). The first kappa shape index (κ1) is 16.2. The number of ether oxygens (including phenoxy) is 1. The van der Waals surface area contributed by atoms with Crippen LogP contribution < -0.4 is 5.73 Å². The van der Waals surface area contributed by atoms with Gasteiger partial charge in [0.15, 0.2) is 0 Å². The first-order valence-corrected chi connectivity index (χ1v) is 5.70. The van der Waals surface area contributed by atoms with E-state index < -0.39 is 11.7 Å². The summed E-state index contributed by atoms with van der Waals surface area (Å²) in [6, 6.07) is 3.70. The highest BCUT2D eigenvalue weighted by Crippen LogP contribution is 2.06. The Balaban J connectivity index is 0.000000331. The number of carbonyl (C=O) groups is 2. The summed E-state index contributed by atoms with van der Waals surface area (Å²) in [6.07, 6.45) is 2.53. The van der Waals surface area contributed by atoms with E-state index >= 15 is 0 Å². The van der Waals surface area contributed by atoms with Gasteiger partial charge in [0.2, 0.25) is 0 Å². The van der Waals surface area contributed by atoms with Crippen LogP contribution in [-0.4, -0.2) is 18.0 Å². The Labute approximate surface area is 107 Å². The van der Waals surface area contributed by atoms with Crippen LogP contribution in [0.3, 0.4) is 0 Å². The van der Waals surface area contributed by atoms with Gasteiger partial charge in [0.25, 0.3) is 0 Å². The van der Waals surface area contributed by atoms with Crippen molar-refractivity contribution in [2.45, 2.75) is 39.7 Å². The van der Waals surface area contributed by atoms with Gasteiger partial charge in [0.1, 0.15) is 17.6 Å². The average Bonchev–Trinajstić information content (AvgIpc) is 2.67. The zero-order chi connectivity index (χ0) is 14.2. The van der Waals surface area contributed by atoms with Gasteiger partial charge in [-0.25, -0.2) is 4.79 Å². The maximum Gasteiger partial charge on any atom is 0.405 e. The van der Waals surface area contributed by atoms with Crippen molar-refractivity contribution in [3.8, 4) is 0 Å². The van der Waals surface area contributed by atoms with Crippen LogP contribution in [0.15, 0.2) is 22.8 Å². The lowest BCUT2D eigenvalue weighted by atomic mass is 10.1. The van der Waals surface area contributed by atoms with E-state index in [-0.39, 0.29) is 5.92 Å². The molecule has 0 saturated heterocycles. The number of hydrogen-bond donors (Lipinski definition) is 1. The van der Waals surface area contributed by atoms with Gasteiger partial charge in [0, 0.05) is 12.3 Å². The lowest BCUT2D eigenvalue weighted by Crippen LogP contribution is -2.27. The molecule has 0 aromatic carbocycles. The molecule has 5 heteroatoms. The minimum atomic E-state index is -0.725. The molecule has 0 spiro atoms. The molecular formula is C13H21NO4. The molecule has 1 aromatic rings. The zero-order valence-corrected chi connectivity index (χ0v) is 11.3. The molecule has 0 aliphatic rings. The Hall–Kier alpha value is -1.78. The third-order valence-corrected chi connectivity index (χ3v) is 1.74. The number of amides is 1. The second kappa shape index (κ2) is 7.53. The van der Waals surface area contributed by atoms with Crippen molar-refractivity contribution >= 4 is 12.4 Å². The summed E-state index contributed by atoms with van der Waals surface area (Å²) in [5.41, 5.74) is 4.26. The van der Waals surface area contributed by atoms with Crippen LogP contribution in [0.2, 0.25) is 0 Å². The largest absolute Gasteiger partial charge is 0.469 e. The molecule has 0 aliphatic heterocycles. The quantitative estimate of drug-likeness (QED) is 0.841. The van der Waals surface area contributed by atoms with Crippen LogP contribution in [-0.2, 0) is 16.0 Å². The minimum absolute atomic E-state index is 0.0612. The molecule has 1 atom stereocenters. The topological polar surface area (TPSA) is 82.5 Å². The number of primary amides is 1. The van der Waals surface area contributed by atoms with Crippen LogP contribution in [0.25, 0.3) is 0 Å². The molecule has 0 fully saturated rings. The summed E-state index contributed by atoms with van der Waals surface area (Å²) >= 11 is 0. The molecule has 1 heterocycles. The van der Waals surface area contributed by atoms with Crippen molar-refractivity contribution in [3.63, 3.8) is 0 Å². The fraction of sp³-hybridized carbons (Fsp3) is 0.538. The summed E-state index contributed by atoms with van der Waals surface area (Å²) in [6.45, 7) is 7.16. The van der Waals surface area contributed by atoms with Crippen molar-refractivity contribution in [3.05, 3.63) is 24.2 Å². The highest BCUT2D eigenvalue weighted by atomic mass is 16.6. The molecule has 0 saturated carbocycles. The van der Waals surface area contributed by atoms with Crippen LogP contribution in [0.5, 0.6) is 0 Å². The maximum atomic E-state index is 10.2. The van der Waals surface area contributed by atoms with Crippen LogP contribution >= 0.6 is 0 Å². The summed E-state index contributed by atoms with van der Waals surface area (Å²) in [5, 5.41) is 0. The van der Waals surface area contributed by atoms with Crippen molar-refractivity contribution in [1.82, 2.24) is 0 Å². The van der Waals surface area contributed by atoms with Gasteiger partial charge in [-0.3, -0.25) is 0 Å². The van der Waals surface area contributed by atoms with E-state index in [0.29, 0.717) is 6.42 Å². The second-order valence-corrected chi connectivity index (χ2v) is 4.93. The standard InChI is InChI=1S/C8H10O2.C5H11NO2/c1-7(6-9)5-8-3-2-4-10-8;1-5(2,3)8-4(6)7/h2-4,6-7H,5H2,1H3;1-3H3,(H2,6,7). The normalized spacial score (nSPS) is 12.0.